The van der Waals surface area contributed by atoms with E-state index in [1.54, 1.807) is 11.1 Å². The molecule has 0 saturated heterocycles. The fourth-order valence-corrected chi connectivity index (χ4v) is 1.32. The maximum Gasteiger partial charge on any atom is 0.0247 e. The van der Waals surface area contributed by atoms with Crippen LogP contribution in [0.4, 0.5) is 0 Å². The highest BCUT2D eigenvalue weighted by atomic mass is 79.9. The number of alkyl halides is 1. The van der Waals surface area contributed by atoms with Crippen LogP contribution in [0, 0.1) is 0 Å². The van der Waals surface area contributed by atoms with Crippen LogP contribution >= 0.6 is 15.9 Å². The molecular formula is C6H9Br. The number of allylic oxidation sites excluding steroid dienone is 2. The molecule has 7 heavy (non-hydrogen) atoms. The van der Waals surface area contributed by atoms with Crippen molar-refractivity contribution in [2.24, 2.45) is 0 Å². The van der Waals surface area contributed by atoms with Crippen LogP contribution in [0.2, 0.25) is 0 Å². The molecule has 0 unspecified atom stereocenters. The zero-order chi connectivity index (χ0) is 5.28. The van der Waals surface area contributed by atoms with Crippen LogP contribution in [-0.2, 0) is 0 Å². The molecule has 0 spiro atoms. The molecule has 0 saturated carbocycles. The van der Waals surface area contributed by atoms with E-state index in [-0.39, 0.29) is 0 Å². The largest absolute Gasteiger partial charge is 0.0880 e. The SMILES string of the molecule is CCC1=C(CBr)C1. The zero-order valence-corrected chi connectivity index (χ0v) is 6.09. The van der Waals surface area contributed by atoms with E-state index in [1.165, 1.54) is 12.8 Å². The Hall–Kier alpha value is 0.220. The van der Waals surface area contributed by atoms with E-state index in [0.29, 0.717) is 0 Å². The van der Waals surface area contributed by atoms with Gasteiger partial charge in [0.25, 0.3) is 0 Å². The van der Waals surface area contributed by atoms with E-state index in [9.17, 15) is 0 Å². The van der Waals surface area contributed by atoms with E-state index in [1.807, 2.05) is 0 Å². The fourth-order valence-electron chi connectivity index (χ4n) is 0.730. The lowest BCUT2D eigenvalue weighted by Gasteiger charge is -1.70. The average molecular weight is 161 g/mol. The fraction of sp³-hybridized carbons (Fsp3) is 0.667. The molecule has 0 aromatic carbocycles. The summed E-state index contributed by atoms with van der Waals surface area (Å²) in [5.74, 6) is 0. The minimum Gasteiger partial charge on any atom is -0.0880 e. The lowest BCUT2D eigenvalue weighted by atomic mass is 10.4. The summed E-state index contributed by atoms with van der Waals surface area (Å²) in [6, 6.07) is 0. The first-order valence-corrected chi connectivity index (χ1v) is 3.76. The average Bonchev–Trinajstić information content (AvgIpc) is 2.43. The van der Waals surface area contributed by atoms with Gasteiger partial charge in [-0.1, -0.05) is 34.0 Å². The first-order valence-electron chi connectivity index (χ1n) is 2.64. The predicted octanol–water partition coefficient (Wildman–Crippen LogP) is 2.49. The maximum atomic E-state index is 3.40. The molecule has 0 aliphatic heterocycles. The summed E-state index contributed by atoms with van der Waals surface area (Å²) >= 11 is 3.40. The Kier molecular flexibility index (Phi) is 1.53. The van der Waals surface area contributed by atoms with Crippen LogP contribution in [0.3, 0.4) is 0 Å². The Morgan fingerprint density at radius 3 is 2.43 bits per heavy atom. The van der Waals surface area contributed by atoms with Crippen LogP contribution in [-0.4, -0.2) is 5.33 Å². The van der Waals surface area contributed by atoms with Crippen molar-refractivity contribution in [3.05, 3.63) is 11.1 Å². The highest BCUT2D eigenvalue weighted by molar-refractivity contribution is 9.09. The number of rotatable bonds is 2. The second kappa shape index (κ2) is 1.99. The Labute approximate surface area is 52.7 Å². The highest BCUT2D eigenvalue weighted by Crippen LogP contribution is 2.34. The molecule has 0 aromatic heterocycles. The molecule has 0 radical (unpaired) electrons. The number of hydrogen-bond donors (Lipinski definition) is 0. The molecule has 0 bridgehead atoms. The Morgan fingerprint density at radius 2 is 2.29 bits per heavy atom. The molecular weight excluding hydrogens is 152 g/mol. The maximum absolute atomic E-state index is 3.40. The number of halogens is 1. The predicted molar refractivity (Wildman–Crippen MR) is 35.7 cm³/mol. The minimum atomic E-state index is 1.11. The molecule has 0 fully saturated rings. The van der Waals surface area contributed by atoms with Crippen molar-refractivity contribution in [1.29, 1.82) is 0 Å². The third-order valence-electron chi connectivity index (χ3n) is 1.39. The topological polar surface area (TPSA) is 0 Å². The second-order valence-corrected chi connectivity index (χ2v) is 2.43. The third kappa shape index (κ3) is 1.06. The summed E-state index contributed by atoms with van der Waals surface area (Å²) in [7, 11) is 0. The first kappa shape index (κ1) is 5.36. The summed E-state index contributed by atoms with van der Waals surface area (Å²) in [5, 5.41) is 1.11. The van der Waals surface area contributed by atoms with Gasteiger partial charge in [-0.05, 0) is 12.8 Å². The monoisotopic (exact) mass is 160 g/mol. The van der Waals surface area contributed by atoms with E-state index in [2.05, 4.69) is 22.9 Å². The van der Waals surface area contributed by atoms with Crippen LogP contribution < -0.4 is 0 Å². The van der Waals surface area contributed by atoms with Gasteiger partial charge in [0.1, 0.15) is 0 Å². The van der Waals surface area contributed by atoms with Gasteiger partial charge in [-0.3, -0.25) is 0 Å². The normalized spacial score (nSPS) is 18.0. The van der Waals surface area contributed by atoms with E-state index in [4.69, 9.17) is 0 Å². The molecule has 0 nitrogen and oxygen atoms in total. The van der Waals surface area contributed by atoms with Crippen LogP contribution in [0.25, 0.3) is 0 Å². The molecule has 1 aliphatic rings. The minimum absolute atomic E-state index is 1.11. The van der Waals surface area contributed by atoms with Crippen molar-refractivity contribution in [2.45, 2.75) is 19.8 Å². The smallest absolute Gasteiger partial charge is 0.0247 e. The van der Waals surface area contributed by atoms with E-state index < -0.39 is 0 Å². The van der Waals surface area contributed by atoms with Gasteiger partial charge >= 0.3 is 0 Å². The molecule has 40 valence electrons. The lowest BCUT2D eigenvalue weighted by Crippen LogP contribution is -1.56. The standard InChI is InChI=1S/C6H9Br/c1-2-5-3-6(5)4-7/h2-4H2,1H3. The van der Waals surface area contributed by atoms with Crippen molar-refractivity contribution >= 4 is 15.9 Å². The molecule has 0 aromatic rings. The van der Waals surface area contributed by atoms with Gasteiger partial charge in [0.15, 0.2) is 0 Å². The highest BCUT2D eigenvalue weighted by Gasteiger charge is 2.16. The van der Waals surface area contributed by atoms with Gasteiger partial charge in [0, 0.05) is 5.33 Å². The van der Waals surface area contributed by atoms with Crippen molar-refractivity contribution < 1.29 is 0 Å². The van der Waals surface area contributed by atoms with Gasteiger partial charge < -0.3 is 0 Å². The van der Waals surface area contributed by atoms with Gasteiger partial charge in [0.05, 0.1) is 0 Å². The van der Waals surface area contributed by atoms with Gasteiger partial charge in [-0.25, -0.2) is 0 Å². The van der Waals surface area contributed by atoms with Gasteiger partial charge in [-0.15, -0.1) is 0 Å². The summed E-state index contributed by atoms with van der Waals surface area (Å²) < 4.78 is 0. The van der Waals surface area contributed by atoms with Gasteiger partial charge in [-0.2, -0.15) is 0 Å². The quantitative estimate of drug-likeness (QED) is 0.431. The Bertz CT molecular complexity index is 90.7. The van der Waals surface area contributed by atoms with Crippen molar-refractivity contribution in [1.82, 2.24) is 0 Å². The summed E-state index contributed by atoms with van der Waals surface area (Å²) in [4.78, 5) is 0. The molecule has 0 amide bonds. The summed E-state index contributed by atoms with van der Waals surface area (Å²) in [5.41, 5.74) is 3.29. The molecule has 0 N–H and O–H groups in total. The van der Waals surface area contributed by atoms with Crippen LogP contribution in [0.1, 0.15) is 19.8 Å². The zero-order valence-electron chi connectivity index (χ0n) is 4.50. The number of hydrogen-bond acceptors (Lipinski definition) is 0. The van der Waals surface area contributed by atoms with Crippen LogP contribution in [0.5, 0.6) is 0 Å². The summed E-state index contributed by atoms with van der Waals surface area (Å²) in [6.45, 7) is 2.21. The van der Waals surface area contributed by atoms with Crippen molar-refractivity contribution in [3.8, 4) is 0 Å². The first-order chi connectivity index (χ1) is 3.38. The molecule has 0 heterocycles. The van der Waals surface area contributed by atoms with E-state index in [0.717, 1.165) is 5.33 Å². The Morgan fingerprint density at radius 1 is 1.57 bits per heavy atom. The molecule has 1 aliphatic carbocycles. The third-order valence-corrected chi connectivity index (χ3v) is 2.07. The second-order valence-electron chi connectivity index (χ2n) is 1.87. The van der Waals surface area contributed by atoms with Gasteiger partial charge in [0.2, 0.25) is 0 Å². The molecule has 0 atom stereocenters. The molecule has 1 rings (SSSR count). The summed E-state index contributed by atoms with van der Waals surface area (Å²) in [6.07, 6.45) is 2.57. The Balaban J connectivity index is 2.32. The van der Waals surface area contributed by atoms with Crippen molar-refractivity contribution in [3.63, 3.8) is 0 Å². The molecule has 1 heteroatoms. The van der Waals surface area contributed by atoms with Crippen molar-refractivity contribution in [2.75, 3.05) is 5.33 Å². The van der Waals surface area contributed by atoms with E-state index >= 15 is 0 Å². The van der Waals surface area contributed by atoms with Crippen LogP contribution in [0.15, 0.2) is 11.1 Å². The lowest BCUT2D eigenvalue weighted by molar-refractivity contribution is 1.15.